The number of benzene rings is 1. The summed E-state index contributed by atoms with van der Waals surface area (Å²) in [6, 6.07) is -1.75. The molecule has 2 fully saturated rings. The topological polar surface area (TPSA) is 113 Å². The zero-order valence-corrected chi connectivity index (χ0v) is 18.7. The number of hydrogen-bond donors (Lipinski definition) is 2. The Balaban J connectivity index is 1.56. The molecule has 1 unspecified atom stereocenters. The summed E-state index contributed by atoms with van der Waals surface area (Å²) >= 11 is 0. The van der Waals surface area contributed by atoms with Crippen molar-refractivity contribution in [2.75, 3.05) is 19.7 Å². The Morgan fingerprint density at radius 1 is 1.03 bits per heavy atom. The summed E-state index contributed by atoms with van der Waals surface area (Å²) in [5, 5.41) is 11.3. The van der Waals surface area contributed by atoms with Crippen LogP contribution in [0.15, 0.2) is 6.07 Å². The normalized spacial score (nSPS) is 18.8. The van der Waals surface area contributed by atoms with E-state index in [1.165, 1.54) is 4.90 Å². The predicted molar refractivity (Wildman–Crippen MR) is 108 cm³/mol. The highest BCUT2D eigenvalue weighted by atomic mass is 19.3. The van der Waals surface area contributed by atoms with Gasteiger partial charge in [-0.3, -0.25) is 19.2 Å². The molecule has 2 amide bonds. The minimum atomic E-state index is -2.85. The number of piperidine rings is 1. The quantitative estimate of drug-likeness (QED) is 0.379. The number of ether oxygens (including phenoxy) is 1. The van der Waals surface area contributed by atoms with Crippen LogP contribution < -0.4 is 10.1 Å². The van der Waals surface area contributed by atoms with Crippen molar-refractivity contribution in [2.45, 2.75) is 44.1 Å². The van der Waals surface area contributed by atoms with Crippen molar-refractivity contribution in [2.24, 2.45) is 11.8 Å². The van der Waals surface area contributed by atoms with Crippen LogP contribution >= 0.6 is 0 Å². The molecule has 3 rings (SSSR count). The summed E-state index contributed by atoms with van der Waals surface area (Å²) in [4.78, 5) is 49.8. The Hall–Kier alpha value is -3.32. The van der Waals surface area contributed by atoms with Gasteiger partial charge in [0.05, 0.1) is 6.42 Å². The van der Waals surface area contributed by atoms with Gasteiger partial charge in [0.15, 0.2) is 23.2 Å². The molecule has 8 nitrogen and oxygen atoms in total. The monoisotopic (exact) mass is 524 g/mol. The van der Waals surface area contributed by atoms with Gasteiger partial charge in [-0.2, -0.15) is 8.78 Å². The van der Waals surface area contributed by atoms with Crippen LogP contribution in [0.5, 0.6) is 5.75 Å². The maximum Gasteiger partial charge on any atom is 0.305 e. The number of Topliss-reactive ketones (excluding diaryl/α,β-unsaturated/α-hetero) is 1. The number of carboxylic acids is 1. The highest BCUT2D eigenvalue weighted by Gasteiger charge is 2.50. The number of likely N-dealkylation sites (tertiary alicyclic amines) is 1. The number of carbonyl (C=O) groups is 4. The molecule has 0 spiro atoms. The third-order valence-electron chi connectivity index (χ3n) is 6.13. The molecule has 1 saturated heterocycles. The molecule has 1 saturated carbocycles. The zero-order valence-electron chi connectivity index (χ0n) is 18.7. The zero-order chi connectivity index (χ0) is 26.8. The number of alkyl halides is 2. The smallest absolute Gasteiger partial charge is 0.305 e. The first-order valence-corrected chi connectivity index (χ1v) is 11.0. The first-order chi connectivity index (χ1) is 16.8. The number of nitrogens with one attached hydrogen (secondary N) is 1. The molecule has 1 heterocycles. The third-order valence-corrected chi connectivity index (χ3v) is 6.13. The Morgan fingerprint density at radius 3 is 2.08 bits per heavy atom. The highest BCUT2D eigenvalue weighted by Crippen LogP contribution is 2.43. The van der Waals surface area contributed by atoms with E-state index in [1.54, 1.807) is 0 Å². The van der Waals surface area contributed by atoms with E-state index in [4.69, 9.17) is 5.11 Å². The number of nitrogens with zero attached hydrogens (tertiary/aromatic N) is 1. The summed E-state index contributed by atoms with van der Waals surface area (Å²) in [5.41, 5.74) is 0. The SMILES string of the molecule is O=C(O)CC(NC(=O)C1CCN(C(=O)C2CC(F)(F)C2)CC1)C(=O)COc1c(F)c(F)cc(F)c1F. The Kier molecular flexibility index (Phi) is 8.14. The summed E-state index contributed by atoms with van der Waals surface area (Å²) in [5.74, 6) is -17.0. The van der Waals surface area contributed by atoms with E-state index in [9.17, 15) is 45.5 Å². The van der Waals surface area contributed by atoms with Gasteiger partial charge in [-0.25, -0.2) is 17.6 Å². The predicted octanol–water partition coefficient (Wildman–Crippen LogP) is 2.43. The lowest BCUT2D eigenvalue weighted by atomic mass is 9.80. The van der Waals surface area contributed by atoms with Crippen LogP contribution in [0.3, 0.4) is 0 Å². The molecular formula is C22H22F6N2O6. The molecule has 0 bridgehead atoms. The molecule has 198 valence electrons. The molecular weight excluding hydrogens is 502 g/mol. The van der Waals surface area contributed by atoms with Crippen molar-refractivity contribution in [3.63, 3.8) is 0 Å². The first-order valence-electron chi connectivity index (χ1n) is 11.0. The second kappa shape index (κ2) is 10.7. The van der Waals surface area contributed by atoms with Gasteiger partial charge in [0.25, 0.3) is 0 Å². The Morgan fingerprint density at radius 2 is 1.58 bits per heavy atom. The van der Waals surface area contributed by atoms with Crippen LogP contribution in [0.4, 0.5) is 26.3 Å². The second-order valence-corrected chi connectivity index (χ2v) is 8.77. The maximum atomic E-state index is 13.7. The highest BCUT2D eigenvalue weighted by molar-refractivity contribution is 5.93. The van der Waals surface area contributed by atoms with Crippen molar-refractivity contribution in [3.05, 3.63) is 29.3 Å². The van der Waals surface area contributed by atoms with Crippen LogP contribution in [0.25, 0.3) is 0 Å². The van der Waals surface area contributed by atoms with E-state index in [1.807, 2.05) is 0 Å². The molecule has 0 aromatic heterocycles. The van der Waals surface area contributed by atoms with E-state index >= 15 is 0 Å². The van der Waals surface area contributed by atoms with Gasteiger partial charge in [-0.05, 0) is 12.8 Å². The van der Waals surface area contributed by atoms with Gasteiger partial charge in [-0.1, -0.05) is 0 Å². The van der Waals surface area contributed by atoms with Crippen molar-refractivity contribution < 1.29 is 55.4 Å². The summed E-state index contributed by atoms with van der Waals surface area (Å²) in [6.45, 7) is -0.999. The summed E-state index contributed by atoms with van der Waals surface area (Å²) in [7, 11) is 0. The van der Waals surface area contributed by atoms with Gasteiger partial charge in [0.2, 0.25) is 29.4 Å². The molecule has 1 aliphatic carbocycles. The summed E-state index contributed by atoms with van der Waals surface area (Å²) in [6.07, 6.45) is -1.70. The van der Waals surface area contributed by atoms with Crippen LogP contribution in [0, 0.1) is 35.1 Å². The molecule has 2 N–H and O–H groups in total. The van der Waals surface area contributed by atoms with Crippen molar-refractivity contribution >= 4 is 23.6 Å². The molecule has 1 aromatic carbocycles. The van der Waals surface area contributed by atoms with E-state index < -0.39 is 102 Å². The molecule has 1 atom stereocenters. The standard InChI is InChI=1S/C22H22F6N2O6/c23-12-5-13(24)18(26)19(17(12)25)36-9-15(31)14(6-16(32)33)29-20(34)10-1-3-30(4-2-10)21(35)11-7-22(27,28)8-11/h5,10-11,14H,1-4,6-9H2,(H,29,34)(H,32,33). The molecule has 2 aliphatic rings. The lowest BCUT2D eigenvalue weighted by Crippen LogP contribution is -2.51. The fourth-order valence-electron chi connectivity index (χ4n) is 4.09. The minimum absolute atomic E-state index is 0.0624. The Bertz CT molecular complexity index is 1030. The van der Waals surface area contributed by atoms with Gasteiger partial charge in [0.1, 0.15) is 12.6 Å². The number of aliphatic carboxylic acids is 1. The minimum Gasteiger partial charge on any atom is -0.481 e. The lowest BCUT2D eigenvalue weighted by molar-refractivity contribution is -0.161. The number of rotatable bonds is 9. The van der Waals surface area contributed by atoms with Crippen molar-refractivity contribution in [3.8, 4) is 5.75 Å². The largest absolute Gasteiger partial charge is 0.481 e. The van der Waals surface area contributed by atoms with E-state index in [0.717, 1.165) is 0 Å². The van der Waals surface area contributed by atoms with Gasteiger partial charge >= 0.3 is 5.97 Å². The number of halogens is 6. The van der Waals surface area contributed by atoms with Crippen LogP contribution in [0.1, 0.15) is 32.1 Å². The van der Waals surface area contributed by atoms with Crippen LogP contribution in [0.2, 0.25) is 0 Å². The van der Waals surface area contributed by atoms with E-state index in [0.29, 0.717) is 0 Å². The summed E-state index contributed by atoms with van der Waals surface area (Å²) < 4.78 is 84.6. The number of hydrogen-bond acceptors (Lipinski definition) is 5. The third kappa shape index (κ3) is 6.26. The van der Waals surface area contributed by atoms with Gasteiger partial charge in [-0.15, -0.1) is 0 Å². The van der Waals surface area contributed by atoms with Crippen molar-refractivity contribution in [1.82, 2.24) is 10.2 Å². The average molecular weight is 524 g/mol. The second-order valence-electron chi connectivity index (χ2n) is 8.77. The molecule has 1 aliphatic heterocycles. The van der Waals surface area contributed by atoms with E-state index in [-0.39, 0.29) is 32.0 Å². The molecule has 36 heavy (non-hydrogen) atoms. The number of amides is 2. The number of carbonyl (C=O) groups excluding carboxylic acids is 3. The van der Waals surface area contributed by atoms with Crippen LogP contribution in [-0.2, 0) is 19.2 Å². The van der Waals surface area contributed by atoms with Gasteiger partial charge < -0.3 is 20.1 Å². The lowest BCUT2D eigenvalue weighted by Gasteiger charge is -2.39. The average Bonchev–Trinajstić information content (AvgIpc) is 2.80. The van der Waals surface area contributed by atoms with Crippen molar-refractivity contribution in [1.29, 1.82) is 0 Å². The fourth-order valence-corrected chi connectivity index (χ4v) is 4.09. The van der Waals surface area contributed by atoms with Gasteiger partial charge in [0, 0.05) is 43.8 Å². The fraction of sp³-hybridized carbons (Fsp3) is 0.545. The first kappa shape index (κ1) is 27.3. The number of ketones is 1. The Labute approximate surface area is 200 Å². The van der Waals surface area contributed by atoms with E-state index in [2.05, 4.69) is 10.1 Å². The molecule has 0 radical (unpaired) electrons. The molecule has 1 aromatic rings. The van der Waals surface area contributed by atoms with Crippen LogP contribution in [-0.4, -0.2) is 65.2 Å². The maximum absolute atomic E-state index is 13.7. The number of carboxylic acid groups (broad SMARTS) is 1. The molecule has 14 heteroatoms.